The average molecular weight is 656 g/mol. The number of ether oxygens (including phenoxy) is 3. The van der Waals surface area contributed by atoms with Crippen LogP contribution < -0.4 is 4.90 Å². The topological polar surface area (TPSA) is 30.9 Å². The first-order valence-corrected chi connectivity index (χ1v) is 18.3. The lowest BCUT2D eigenvalue weighted by Gasteiger charge is -2.54. The van der Waals surface area contributed by atoms with Gasteiger partial charge in [0.1, 0.15) is 0 Å². The molecule has 2 aliphatic heterocycles. The van der Waals surface area contributed by atoms with Gasteiger partial charge in [0.25, 0.3) is 0 Å². The maximum Gasteiger partial charge on any atom is 0.177 e. The molecule has 3 aromatic rings. The van der Waals surface area contributed by atoms with Gasteiger partial charge in [-0.25, -0.2) is 0 Å². The predicted octanol–water partition coefficient (Wildman–Crippen LogP) is 10.4. The van der Waals surface area contributed by atoms with Gasteiger partial charge in [-0.1, -0.05) is 107 Å². The van der Waals surface area contributed by atoms with Gasteiger partial charge >= 0.3 is 0 Å². The Bertz CT molecular complexity index is 1800. The Morgan fingerprint density at radius 1 is 0.857 bits per heavy atom. The van der Waals surface area contributed by atoms with Crippen molar-refractivity contribution in [2.45, 2.75) is 72.3 Å². The molecule has 0 saturated carbocycles. The first-order chi connectivity index (χ1) is 23.6. The minimum Gasteiger partial charge on any atom is -0.498 e. The van der Waals surface area contributed by atoms with E-state index in [1.54, 1.807) is 0 Å². The summed E-state index contributed by atoms with van der Waals surface area (Å²) in [5.41, 5.74) is 9.36. The highest BCUT2D eigenvalue weighted by Crippen LogP contribution is 2.60. The van der Waals surface area contributed by atoms with Crippen LogP contribution in [-0.4, -0.2) is 32.9 Å². The van der Waals surface area contributed by atoms with Gasteiger partial charge < -0.3 is 19.1 Å². The number of hydrogen-bond donors (Lipinski definition) is 0. The van der Waals surface area contributed by atoms with Crippen LogP contribution in [0.3, 0.4) is 0 Å². The monoisotopic (exact) mass is 655 g/mol. The van der Waals surface area contributed by atoms with E-state index in [1.165, 1.54) is 33.5 Å². The molecular weight excluding hydrogens is 602 g/mol. The summed E-state index contributed by atoms with van der Waals surface area (Å²) in [5, 5.41) is 0. The van der Waals surface area contributed by atoms with Gasteiger partial charge in [-0.05, 0) is 95.6 Å². The molecule has 2 heterocycles. The van der Waals surface area contributed by atoms with Crippen LogP contribution in [0.5, 0.6) is 0 Å². The van der Waals surface area contributed by atoms with E-state index in [0.717, 1.165) is 61.8 Å². The highest BCUT2D eigenvalue weighted by molar-refractivity contribution is 5.82. The zero-order valence-corrected chi connectivity index (χ0v) is 30.5. The Balaban J connectivity index is 1.48. The molecule has 7 rings (SSSR count). The van der Waals surface area contributed by atoms with Gasteiger partial charge in [0.15, 0.2) is 5.60 Å². The van der Waals surface area contributed by atoms with Gasteiger partial charge in [-0.3, -0.25) is 0 Å². The molecule has 4 heteroatoms. The second kappa shape index (κ2) is 13.0. The number of morpholine rings is 1. The van der Waals surface area contributed by atoms with Crippen molar-refractivity contribution in [3.63, 3.8) is 0 Å². The van der Waals surface area contributed by atoms with Gasteiger partial charge in [-0.15, -0.1) is 0 Å². The maximum atomic E-state index is 7.50. The Kier molecular flexibility index (Phi) is 8.90. The number of anilines is 1. The summed E-state index contributed by atoms with van der Waals surface area (Å²) in [6.07, 6.45) is 8.89. The van der Waals surface area contributed by atoms with E-state index in [9.17, 15) is 0 Å². The number of allylic oxidation sites excluding steroid dienone is 7. The van der Waals surface area contributed by atoms with Gasteiger partial charge in [0.05, 0.1) is 31.3 Å². The zero-order valence-electron chi connectivity index (χ0n) is 30.5. The standard InChI is InChI=1S/C45H53NO3/c1-8-48-41-30-38-37(29-31(41)2)32(3)49-45(33-15-10-9-11-16-33,34-20-22-35(23-21-34)46-25-27-47-28-26-46)24-14-19-40-42(38)36-17-12-13-18-39(36)43(4,5)44(40,6)7/h9-18,20-24,30-31,40H,8,19,25-29H2,1-7H3/b24-14-,37-32?,42-38?/t31?,40-,45?/m0/s1. The van der Waals surface area contributed by atoms with Crippen LogP contribution in [0.25, 0.3) is 5.57 Å². The normalized spacial score (nSPS) is 26.8. The largest absolute Gasteiger partial charge is 0.498 e. The molecule has 0 aromatic heterocycles. The van der Waals surface area contributed by atoms with Gasteiger partial charge in [0, 0.05) is 35.8 Å². The Morgan fingerprint density at radius 3 is 2.24 bits per heavy atom. The van der Waals surface area contributed by atoms with E-state index in [-0.39, 0.29) is 22.7 Å². The lowest BCUT2D eigenvalue weighted by molar-refractivity contribution is 0.0754. The molecule has 4 aliphatic rings. The molecule has 0 amide bonds. The summed E-state index contributed by atoms with van der Waals surface area (Å²) in [5.74, 6) is 2.56. The van der Waals surface area contributed by atoms with Crippen molar-refractivity contribution in [3.8, 4) is 0 Å². The summed E-state index contributed by atoms with van der Waals surface area (Å²) in [6, 6.07) is 29.0. The highest BCUT2D eigenvalue weighted by atomic mass is 16.5. The molecule has 49 heavy (non-hydrogen) atoms. The van der Waals surface area contributed by atoms with Crippen molar-refractivity contribution < 1.29 is 14.2 Å². The van der Waals surface area contributed by atoms with Crippen LogP contribution in [0.1, 0.15) is 83.6 Å². The average Bonchev–Trinajstić information content (AvgIpc) is 3.12. The molecular formula is C45H53NO3. The molecule has 4 nitrogen and oxygen atoms in total. The van der Waals surface area contributed by atoms with Crippen molar-refractivity contribution in [2.75, 3.05) is 37.8 Å². The minimum atomic E-state index is -0.802. The summed E-state index contributed by atoms with van der Waals surface area (Å²) < 4.78 is 19.5. The minimum absolute atomic E-state index is 0.0358. The second-order valence-electron chi connectivity index (χ2n) is 15.4. The fraction of sp³-hybridized carbons (Fsp3) is 0.422. The smallest absolute Gasteiger partial charge is 0.177 e. The second-order valence-corrected chi connectivity index (χ2v) is 15.4. The Labute approximate surface area is 294 Å². The van der Waals surface area contributed by atoms with E-state index in [1.807, 2.05) is 0 Å². The van der Waals surface area contributed by atoms with Crippen molar-refractivity contribution in [2.24, 2.45) is 17.3 Å². The van der Waals surface area contributed by atoms with E-state index in [4.69, 9.17) is 14.2 Å². The van der Waals surface area contributed by atoms with E-state index >= 15 is 0 Å². The van der Waals surface area contributed by atoms with Crippen LogP contribution in [0, 0.1) is 17.3 Å². The van der Waals surface area contributed by atoms with Crippen molar-refractivity contribution in [1.29, 1.82) is 0 Å². The van der Waals surface area contributed by atoms with Crippen molar-refractivity contribution in [1.82, 2.24) is 0 Å². The van der Waals surface area contributed by atoms with E-state index in [0.29, 0.717) is 6.61 Å². The maximum absolute atomic E-state index is 7.50. The Morgan fingerprint density at radius 2 is 1.53 bits per heavy atom. The van der Waals surface area contributed by atoms with Crippen molar-refractivity contribution in [3.05, 3.63) is 142 Å². The fourth-order valence-corrected chi connectivity index (χ4v) is 8.76. The fourth-order valence-electron chi connectivity index (χ4n) is 8.76. The van der Waals surface area contributed by atoms with Crippen LogP contribution in [-0.2, 0) is 25.2 Å². The third-order valence-electron chi connectivity index (χ3n) is 12.3. The molecule has 256 valence electrons. The number of benzene rings is 3. The van der Waals surface area contributed by atoms with Gasteiger partial charge in [-0.2, -0.15) is 0 Å². The third kappa shape index (κ3) is 5.66. The van der Waals surface area contributed by atoms with Crippen LogP contribution in [0.4, 0.5) is 5.69 Å². The van der Waals surface area contributed by atoms with Crippen LogP contribution >= 0.6 is 0 Å². The molecule has 1 fully saturated rings. The molecule has 0 N–H and O–H groups in total. The van der Waals surface area contributed by atoms with Crippen LogP contribution in [0.15, 0.2) is 120 Å². The molecule has 1 saturated heterocycles. The molecule has 0 spiro atoms. The molecule has 2 aliphatic carbocycles. The lowest BCUT2D eigenvalue weighted by Crippen LogP contribution is -2.47. The van der Waals surface area contributed by atoms with Gasteiger partial charge in [0.2, 0.25) is 0 Å². The Hall–Kier alpha value is -4.02. The highest BCUT2D eigenvalue weighted by Gasteiger charge is 2.51. The van der Waals surface area contributed by atoms with Crippen LogP contribution in [0.2, 0.25) is 0 Å². The SMILES string of the molecule is CCOC1=CC2=C3c4ccccc4C(C)(C)C(C)(C)[C@H]3C/C=C\C(c3ccccc3)(c3ccc(N4CCOCC4)cc3)OC(C)=C2CC1C. The lowest BCUT2D eigenvalue weighted by atomic mass is 9.50. The predicted molar refractivity (Wildman–Crippen MR) is 201 cm³/mol. The van der Waals surface area contributed by atoms with E-state index < -0.39 is 5.60 Å². The summed E-state index contributed by atoms with van der Waals surface area (Å²) >= 11 is 0. The third-order valence-corrected chi connectivity index (χ3v) is 12.3. The van der Waals surface area contributed by atoms with Crippen molar-refractivity contribution >= 4 is 11.3 Å². The molecule has 3 atom stereocenters. The number of fused-ring (bicyclic) bond motifs is 4. The quantitative estimate of drug-likeness (QED) is 0.256. The zero-order chi connectivity index (χ0) is 34.4. The summed E-state index contributed by atoms with van der Waals surface area (Å²) in [7, 11) is 0. The summed E-state index contributed by atoms with van der Waals surface area (Å²) in [4.78, 5) is 2.41. The number of rotatable bonds is 5. The summed E-state index contributed by atoms with van der Waals surface area (Å²) in [6.45, 7) is 20.4. The molecule has 2 unspecified atom stereocenters. The number of nitrogens with zero attached hydrogens (tertiary/aromatic N) is 1. The molecule has 0 bridgehead atoms. The molecule has 0 radical (unpaired) electrons. The first kappa shape index (κ1) is 33.5. The van der Waals surface area contributed by atoms with E-state index in [2.05, 4.69) is 150 Å². The molecule has 3 aromatic carbocycles. The number of hydrogen-bond acceptors (Lipinski definition) is 4. The first-order valence-electron chi connectivity index (χ1n) is 18.3.